The summed E-state index contributed by atoms with van der Waals surface area (Å²) in [6.45, 7) is -1.64. The van der Waals surface area contributed by atoms with E-state index in [1.165, 1.54) is 5.32 Å². The van der Waals surface area contributed by atoms with Crippen LogP contribution in [0.25, 0.3) is 0 Å². The second kappa shape index (κ2) is 5.72. The van der Waals surface area contributed by atoms with Crippen molar-refractivity contribution in [3.05, 3.63) is 33.9 Å². The SMILES string of the molecule is Nc1ccc([N+](=O)[O-])c(C(=O)NCC(F)(F)C(F)F)c1. The van der Waals surface area contributed by atoms with Gasteiger partial charge < -0.3 is 11.1 Å². The van der Waals surface area contributed by atoms with Gasteiger partial charge in [-0.2, -0.15) is 8.78 Å². The molecule has 1 rings (SSSR count). The fraction of sp³-hybridized carbons (Fsp3) is 0.300. The molecule has 3 N–H and O–H groups in total. The summed E-state index contributed by atoms with van der Waals surface area (Å²) in [5, 5.41) is 12.2. The first-order chi connectivity index (χ1) is 9.15. The van der Waals surface area contributed by atoms with Crippen LogP contribution >= 0.6 is 0 Å². The number of carbonyl (C=O) groups excluding carboxylic acids is 1. The van der Waals surface area contributed by atoms with Crippen LogP contribution in [0.4, 0.5) is 28.9 Å². The standard InChI is InChI=1S/C10H9F4N3O3/c11-9(12)10(13,14)4-16-8(18)6-3-5(15)1-2-7(6)17(19)20/h1-3,9H,4,15H2,(H,16,18). The number of nitro groups is 1. The monoisotopic (exact) mass is 295 g/mol. The van der Waals surface area contributed by atoms with Gasteiger partial charge in [0.2, 0.25) is 0 Å². The molecule has 0 radical (unpaired) electrons. The molecular formula is C10H9F4N3O3. The highest BCUT2D eigenvalue weighted by atomic mass is 19.3. The van der Waals surface area contributed by atoms with Gasteiger partial charge in [0.25, 0.3) is 11.6 Å². The zero-order chi connectivity index (χ0) is 15.5. The summed E-state index contributed by atoms with van der Waals surface area (Å²) < 4.78 is 49.1. The van der Waals surface area contributed by atoms with Crippen molar-refractivity contribution in [2.45, 2.75) is 12.3 Å². The van der Waals surface area contributed by atoms with Crippen molar-refractivity contribution < 1.29 is 27.3 Å². The van der Waals surface area contributed by atoms with Gasteiger partial charge in [0.05, 0.1) is 11.5 Å². The highest BCUT2D eigenvalue weighted by molar-refractivity contribution is 5.99. The van der Waals surface area contributed by atoms with Crippen LogP contribution in [0, 0.1) is 10.1 Å². The maximum Gasteiger partial charge on any atom is 0.324 e. The number of nitrogens with two attached hydrogens (primary N) is 1. The summed E-state index contributed by atoms with van der Waals surface area (Å²) in [5.41, 5.74) is 4.06. The highest BCUT2D eigenvalue weighted by Crippen LogP contribution is 2.23. The first-order valence-electron chi connectivity index (χ1n) is 5.13. The summed E-state index contributed by atoms with van der Waals surface area (Å²) in [7, 11) is 0. The van der Waals surface area contributed by atoms with Crippen molar-refractivity contribution in [1.82, 2.24) is 5.32 Å². The zero-order valence-corrected chi connectivity index (χ0v) is 9.78. The number of anilines is 1. The fourth-order valence-electron chi connectivity index (χ4n) is 1.27. The molecule has 0 fully saturated rings. The van der Waals surface area contributed by atoms with Gasteiger partial charge in [-0.25, -0.2) is 8.78 Å². The minimum absolute atomic E-state index is 0.0126. The Morgan fingerprint density at radius 2 is 2.05 bits per heavy atom. The third-order valence-corrected chi connectivity index (χ3v) is 2.27. The number of hydrogen-bond acceptors (Lipinski definition) is 4. The number of amides is 1. The minimum Gasteiger partial charge on any atom is -0.399 e. The van der Waals surface area contributed by atoms with Crippen molar-refractivity contribution >= 4 is 17.3 Å². The Balaban J connectivity index is 2.93. The number of nitro benzene ring substituents is 1. The van der Waals surface area contributed by atoms with E-state index in [2.05, 4.69) is 0 Å². The lowest BCUT2D eigenvalue weighted by Crippen LogP contribution is -2.41. The molecule has 1 aromatic carbocycles. The molecule has 0 aliphatic heterocycles. The normalized spacial score (nSPS) is 11.4. The molecule has 0 atom stereocenters. The molecule has 0 aliphatic rings. The Morgan fingerprint density at radius 3 is 2.55 bits per heavy atom. The van der Waals surface area contributed by atoms with Gasteiger partial charge in [0.15, 0.2) is 0 Å². The molecule has 0 heterocycles. The molecule has 0 aliphatic carbocycles. The van der Waals surface area contributed by atoms with Crippen molar-refractivity contribution in [2.75, 3.05) is 12.3 Å². The molecule has 110 valence electrons. The second-order valence-electron chi connectivity index (χ2n) is 3.78. The van der Waals surface area contributed by atoms with Gasteiger partial charge in [-0.05, 0) is 12.1 Å². The molecular weight excluding hydrogens is 286 g/mol. The van der Waals surface area contributed by atoms with Gasteiger partial charge in [-0.15, -0.1) is 0 Å². The predicted octanol–water partition coefficient (Wildman–Crippen LogP) is 1.81. The third kappa shape index (κ3) is 3.56. The van der Waals surface area contributed by atoms with Crippen molar-refractivity contribution in [1.29, 1.82) is 0 Å². The lowest BCUT2D eigenvalue weighted by atomic mass is 10.1. The van der Waals surface area contributed by atoms with Gasteiger partial charge in [-0.1, -0.05) is 0 Å². The second-order valence-corrected chi connectivity index (χ2v) is 3.78. The maximum atomic E-state index is 12.6. The summed E-state index contributed by atoms with van der Waals surface area (Å²) >= 11 is 0. The summed E-state index contributed by atoms with van der Waals surface area (Å²) in [6.07, 6.45) is -3.96. The van der Waals surface area contributed by atoms with E-state index < -0.39 is 41.0 Å². The molecule has 0 bridgehead atoms. The smallest absolute Gasteiger partial charge is 0.324 e. The van der Waals surface area contributed by atoms with Crippen LogP contribution in [-0.2, 0) is 0 Å². The van der Waals surface area contributed by atoms with Crippen molar-refractivity contribution in [3.8, 4) is 0 Å². The molecule has 1 amide bonds. The predicted molar refractivity (Wildman–Crippen MR) is 60.8 cm³/mol. The zero-order valence-electron chi connectivity index (χ0n) is 9.78. The topological polar surface area (TPSA) is 98.3 Å². The Bertz CT molecular complexity index is 536. The van der Waals surface area contributed by atoms with Crippen LogP contribution < -0.4 is 11.1 Å². The van der Waals surface area contributed by atoms with E-state index in [1.54, 1.807) is 0 Å². The number of rotatable bonds is 5. The number of nitrogen functional groups attached to an aromatic ring is 1. The van der Waals surface area contributed by atoms with Crippen LogP contribution in [0.1, 0.15) is 10.4 Å². The Labute approximate surface area is 109 Å². The van der Waals surface area contributed by atoms with E-state index in [4.69, 9.17) is 5.73 Å². The van der Waals surface area contributed by atoms with Crippen LogP contribution in [0.5, 0.6) is 0 Å². The number of nitrogens with zero attached hydrogens (tertiary/aromatic N) is 1. The highest BCUT2D eigenvalue weighted by Gasteiger charge is 2.41. The lowest BCUT2D eigenvalue weighted by molar-refractivity contribution is -0.385. The third-order valence-electron chi connectivity index (χ3n) is 2.27. The molecule has 0 unspecified atom stereocenters. The lowest BCUT2D eigenvalue weighted by Gasteiger charge is -2.15. The number of halogens is 4. The minimum atomic E-state index is -4.43. The molecule has 0 spiro atoms. The van der Waals surface area contributed by atoms with Crippen LogP contribution in [0.15, 0.2) is 18.2 Å². The average molecular weight is 295 g/mol. The van der Waals surface area contributed by atoms with E-state index in [-0.39, 0.29) is 5.69 Å². The van der Waals surface area contributed by atoms with Crippen molar-refractivity contribution in [3.63, 3.8) is 0 Å². The largest absolute Gasteiger partial charge is 0.399 e. The Morgan fingerprint density at radius 1 is 1.45 bits per heavy atom. The quantitative estimate of drug-likeness (QED) is 0.374. The van der Waals surface area contributed by atoms with E-state index in [1.807, 2.05) is 0 Å². The van der Waals surface area contributed by atoms with Gasteiger partial charge in [0.1, 0.15) is 5.56 Å². The average Bonchev–Trinajstić information content (AvgIpc) is 2.35. The van der Waals surface area contributed by atoms with E-state index in [0.29, 0.717) is 0 Å². The first kappa shape index (κ1) is 15.7. The molecule has 0 saturated carbocycles. The van der Waals surface area contributed by atoms with Gasteiger partial charge in [-0.3, -0.25) is 14.9 Å². The van der Waals surface area contributed by atoms with Crippen molar-refractivity contribution in [2.24, 2.45) is 0 Å². The number of alkyl halides is 4. The maximum absolute atomic E-state index is 12.6. The molecule has 20 heavy (non-hydrogen) atoms. The molecule has 0 aromatic heterocycles. The van der Waals surface area contributed by atoms with Gasteiger partial charge >= 0.3 is 12.3 Å². The first-order valence-corrected chi connectivity index (χ1v) is 5.13. The number of hydrogen-bond donors (Lipinski definition) is 2. The fourth-order valence-corrected chi connectivity index (χ4v) is 1.27. The van der Waals surface area contributed by atoms with Crippen LogP contribution in [0.2, 0.25) is 0 Å². The molecule has 6 nitrogen and oxygen atoms in total. The van der Waals surface area contributed by atoms with E-state index in [9.17, 15) is 32.5 Å². The van der Waals surface area contributed by atoms with E-state index in [0.717, 1.165) is 18.2 Å². The molecule has 0 saturated heterocycles. The number of carbonyl (C=O) groups is 1. The molecule has 1 aromatic rings. The number of nitrogens with one attached hydrogen (secondary N) is 1. The molecule has 10 heteroatoms. The summed E-state index contributed by atoms with van der Waals surface area (Å²) in [4.78, 5) is 21.3. The summed E-state index contributed by atoms with van der Waals surface area (Å²) in [5.74, 6) is -5.71. The Kier molecular flexibility index (Phi) is 4.48. The Hall–Kier alpha value is -2.39. The van der Waals surface area contributed by atoms with E-state index >= 15 is 0 Å². The summed E-state index contributed by atoms with van der Waals surface area (Å²) in [6, 6.07) is 2.95. The van der Waals surface area contributed by atoms with Crippen LogP contribution in [-0.4, -0.2) is 29.7 Å². The van der Waals surface area contributed by atoms with Crippen LogP contribution in [0.3, 0.4) is 0 Å². The van der Waals surface area contributed by atoms with Gasteiger partial charge in [0, 0.05) is 11.8 Å². The number of benzene rings is 1.